The van der Waals surface area contributed by atoms with E-state index in [2.05, 4.69) is 5.32 Å². The van der Waals surface area contributed by atoms with Gasteiger partial charge in [-0.05, 0) is 18.8 Å². The zero-order valence-electron chi connectivity index (χ0n) is 18.6. The molecule has 0 bridgehead atoms. The van der Waals surface area contributed by atoms with Crippen molar-refractivity contribution < 1.29 is 41.9 Å². The van der Waals surface area contributed by atoms with Gasteiger partial charge >= 0.3 is 11.9 Å². The highest BCUT2D eigenvalue weighted by molar-refractivity contribution is 7.86. The van der Waals surface area contributed by atoms with Gasteiger partial charge < -0.3 is 20.3 Å². The summed E-state index contributed by atoms with van der Waals surface area (Å²) in [5.74, 6) is -3.56. The molecular weight excluding hydrogens is 418 g/mol. The summed E-state index contributed by atoms with van der Waals surface area (Å²) in [6.07, 6.45) is -0.777. The van der Waals surface area contributed by atoms with E-state index in [1.807, 2.05) is 0 Å². The lowest BCUT2D eigenvalue weighted by Crippen LogP contribution is -2.63. The minimum Gasteiger partial charge on any atom is -0.479 e. The first-order valence-corrected chi connectivity index (χ1v) is 11.4. The van der Waals surface area contributed by atoms with Crippen LogP contribution in [0.2, 0.25) is 0 Å². The van der Waals surface area contributed by atoms with Crippen LogP contribution in [0.15, 0.2) is 0 Å². The minimum atomic E-state index is -4.04. The summed E-state index contributed by atoms with van der Waals surface area (Å²) in [6, 6.07) is 0. The Morgan fingerprint density at radius 2 is 1.73 bits per heavy atom. The SMILES string of the molecule is CCCC(=O)OC(C(C)C)[C@@](O)(C(=O)O)C(C)(C)COS(=O)(=O)CCCNC(C)=O. The zero-order chi connectivity index (χ0) is 23.8. The number of carbonyl (C=O) groups excluding carboxylic acids is 2. The summed E-state index contributed by atoms with van der Waals surface area (Å²) in [5, 5.41) is 23.4. The summed E-state index contributed by atoms with van der Waals surface area (Å²) >= 11 is 0. The normalized spacial score (nSPS) is 15.3. The number of esters is 1. The molecule has 176 valence electrons. The molecule has 10 nitrogen and oxygen atoms in total. The second-order valence-corrected chi connectivity index (χ2v) is 9.98. The van der Waals surface area contributed by atoms with Crippen LogP contribution < -0.4 is 5.32 Å². The predicted molar refractivity (Wildman–Crippen MR) is 109 cm³/mol. The highest BCUT2D eigenvalue weighted by atomic mass is 32.2. The Morgan fingerprint density at radius 3 is 2.17 bits per heavy atom. The molecule has 0 fully saturated rings. The third kappa shape index (κ3) is 8.19. The minimum absolute atomic E-state index is 0.0541. The van der Waals surface area contributed by atoms with E-state index < -0.39 is 57.5 Å². The lowest BCUT2D eigenvalue weighted by Gasteiger charge is -2.44. The van der Waals surface area contributed by atoms with Crippen molar-refractivity contribution in [1.29, 1.82) is 0 Å². The van der Waals surface area contributed by atoms with Crippen LogP contribution in [0.1, 0.15) is 60.8 Å². The Labute approximate surface area is 178 Å². The fourth-order valence-corrected chi connectivity index (χ4v) is 3.91. The van der Waals surface area contributed by atoms with Gasteiger partial charge in [-0.1, -0.05) is 34.6 Å². The summed E-state index contributed by atoms with van der Waals surface area (Å²) in [7, 11) is -4.04. The summed E-state index contributed by atoms with van der Waals surface area (Å²) in [6.45, 7) is 8.40. The number of aliphatic hydroxyl groups is 1. The van der Waals surface area contributed by atoms with Gasteiger partial charge in [0.2, 0.25) is 11.5 Å². The third-order valence-electron chi connectivity index (χ3n) is 4.63. The first kappa shape index (κ1) is 28.3. The number of hydrogen-bond acceptors (Lipinski definition) is 8. The molecule has 0 radical (unpaired) electrons. The van der Waals surface area contributed by atoms with Gasteiger partial charge in [-0.2, -0.15) is 8.42 Å². The molecule has 0 saturated carbocycles. The monoisotopic (exact) mass is 453 g/mol. The van der Waals surface area contributed by atoms with Crippen LogP contribution in [-0.4, -0.2) is 67.1 Å². The van der Waals surface area contributed by atoms with Gasteiger partial charge in [0, 0.05) is 25.3 Å². The van der Waals surface area contributed by atoms with Gasteiger partial charge in [-0.15, -0.1) is 0 Å². The molecule has 3 N–H and O–H groups in total. The van der Waals surface area contributed by atoms with E-state index >= 15 is 0 Å². The average molecular weight is 454 g/mol. The molecule has 11 heteroatoms. The molecule has 1 unspecified atom stereocenters. The molecule has 30 heavy (non-hydrogen) atoms. The maximum atomic E-state index is 12.1. The Morgan fingerprint density at radius 1 is 1.17 bits per heavy atom. The summed E-state index contributed by atoms with van der Waals surface area (Å²) in [4.78, 5) is 34.9. The van der Waals surface area contributed by atoms with Gasteiger partial charge in [-0.3, -0.25) is 13.8 Å². The average Bonchev–Trinajstić information content (AvgIpc) is 2.61. The topological polar surface area (TPSA) is 156 Å². The van der Waals surface area contributed by atoms with Crippen LogP contribution in [0.3, 0.4) is 0 Å². The van der Waals surface area contributed by atoms with Crippen LogP contribution in [0.25, 0.3) is 0 Å². The molecule has 0 heterocycles. The highest BCUT2D eigenvalue weighted by Gasteiger charge is 2.59. The van der Waals surface area contributed by atoms with E-state index in [1.54, 1.807) is 20.8 Å². The Hall–Kier alpha value is -1.72. The van der Waals surface area contributed by atoms with Crippen molar-refractivity contribution in [3.63, 3.8) is 0 Å². The Kier molecular flexibility index (Phi) is 10.9. The number of rotatable bonds is 14. The zero-order valence-corrected chi connectivity index (χ0v) is 19.4. The molecule has 0 aromatic heterocycles. The molecule has 0 saturated heterocycles. The van der Waals surface area contributed by atoms with E-state index in [4.69, 9.17) is 8.92 Å². The smallest absolute Gasteiger partial charge is 0.340 e. The molecule has 0 rings (SSSR count). The second-order valence-electron chi connectivity index (χ2n) is 8.22. The fourth-order valence-electron chi connectivity index (χ4n) is 2.82. The van der Waals surface area contributed by atoms with Crippen molar-refractivity contribution in [2.24, 2.45) is 11.3 Å². The molecule has 0 aliphatic carbocycles. The van der Waals surface area contributed by atoms with Gasteiger partial charge in [0.05, 0.1) is 12.4 Å². The largest absolute Gasteiger partial charge is 0.479 e. The Balaban J connectivity index is 5.49. The van der Waals surface area contributed by atoms with Crippen molar-refractivity contribution in [3.8, 4) is 0 Å². The summed E-state index contributed by atoms with van der Waals surface area (Å²) < 4.78 is 34.5. The number of amides is 1. The lowest BCUT2D eigenvalue weighted by atomic mass is 9.69. The number of carboxylic acid groups (broad SMARTS) is 1. The highest BCUT2D eigenvalue weighted by Crippen LogP contribution is 2.39. The number of ether oxygens (including phenoxy) is 1. The van der Waals surface area contributed by atoms with E-state index in [0.29, 0.717) is 6.42 Å². The maximum absolute atomic E-state index is 12.1. The second kappa shape index (κ2) is 11.6. The van der Waals surface area contributed by atoms with Crippen molar-refractivity contribution in [2.75, 3.05) is 18.9 Å². The van der Waals surface area contributed by atoms with Crippen molar-refractivity contribution in [1.82, 2.24) is 5.32 Å². The quantitative estimate of drug-likeness (QED) is 0.199. The van der Waals surface area contributed by atoms with E-state index in [9.17, 15) is 33.0 Å². The molecule has 0 spiro atoms. The van der Waals surface area contributed by atoms with Gasteiger partial charge in [0.1, 0.15) is 6.10 Å². The van der Waals surface area contributed by atoms with Crippen LogP contribution in [0.4, 0.5) is 0 Å². The van der Waals surface area contributed by atoms with Crippen LogP contribution in [0, 0.1) is 11.3 Å². The van der Waals surface area contributed by atoms with E-state index in [-0.39, 0.29) is 25.3 Å². The lowest BCUT2D eigenvalue weighted by molar-refractivity contribution is -0.214. The molecule has 0 aromatic rings. The Bertz CT molecular complexity index is 703. The number of aliphatic carboxylic acids is 1. The molecule has 0 aromatic carbocycles. The number of hydrogen-bond donors (Lipinski definition) is 3. The first-order valence-electron chi connectivity index (χ1n) is 9.87. The first-order chi connectivity index (χ1) is 13.6. The van der Waals surface area contributed by atoms with Crippen molar-refractivity contribution in [3.05, 3.63) is 0 Å². The maximum Gasteiger partial charge on any atom is 0.340 e. The summed E-state index contributed by atoms with van der Waals surface area (Å²) in [5.41, 5.74) is -4.23. The molecule has 2 atom stereocenters. The van der Waals surface area contributed by atoms with Gasteiger partial charge in [-0.25, -0.2) is 4.79 Å². The van der Waals surface area contributed by atoms with Crippen LogP contribution >= 0.6 is 0 Å². The molecular formula is C19H35NO9S. The van der Waals surface area contributed by atoms with E-state index in [1.165, 1.54) is 20.8 Å². The molecule has 0 aliphatic rings. The van der Waals surface area contributed by atoms with Crippen molar-refractivity contribution in [2.45, 2.75) is 72.5 Å². The standard InChI is InChI=1S/C19H35NO9S/c1-7-9-15(22)29-16(13(2)3)19(25,17(23)24)18(5,6)12-28-30(26,27)11-8-10-20-14(4)21/h13,16,25H,7-12H2,1-6H3,(H,20,21)(H,23,24)/t16?,19-/m1/s1. The van der Waals surface area contributed by atoms with E-state index in [0.717, 1.165) is 0 Å². The molecule has 1 amide bonds. The number of carbonyl (C=O) groups is 3. The third-order valence-corrected chi connectivity index (χ3v) is 5.90. The molecule has 0 aliphatic heterocycles. The van der Waals surface area contributed by atoms with Crippen molar-refractivity contribution >= 4 is 28.0 Å². The predicted octanol–water partition coefficient (Wildman–Crippen LogP) is 1.07. The number of carboxylic acids is 1. The van der Waals surface area contributed by atoms with Crippen LogP contribution in [0.5, 0.6) is 0 Å². The van der Waals surface area contributed by atoms with Gasteiger partial charge in [0.25, 0.3) is 10.1 Å². The van der Waals surface area contributed by atoms with Gasteiger partial charge in [0.15, 0.2) is 0 Å². The fraction of sp³-hybridized carbons (Fsp3) is 0.842. The number of nitrogens with one attached hydrogen (secondary N) is 1. The van der Waals surface area contributed by atoms with Crippen LogP contribution in [-0.2, 0) is 33.4 Å².